The average Bonchev–Trinajstić information content (AvgIpc) is 3.01. The molecule has 2 aromatic heterocycles. The van der Waals surface area contributed by atoms with Gasteiger partial charge in [0.1, 0.15) is 0 Å². The van der Waals surface area contributed by atoms with Crippen molar-refractivity contribution in [3.05, 3.63) is 70.3 Å². The largest absolute Gasteiger partial charge is 0.359 e. The molecule has 0 atom stereocenters. The third kappa shape index (κ3) is 2.99. The smallest absolute Gasteiger partial charge is 0.276 e. The Morgan fingerprint density at radius 2 is 1.85 bits per heavy atom. The minimum Gasteiger partial charge on any atom is -0.359 e. The van der Waals surface area contributed by atoms with Gasteiger partial charge in [-0.25, -0.2) is 4.68 Å². The Bertz CT molecular complexity index is 1230. The number of hydrogen-bond donors (Lipinski definition) is 2. The van der Waals surface area contributed by atoms with Crippen molar-refractivity contribution in [2.45, 2.75) is 26.8 Å². The molecular weight excluding hydrogens is 340 g/mol. The van der Waals surface area contributed by atoms with Gasteiger partial charge >= 0.3 is 0 Å². The normalized spacial score (nSPS) is 11.4. The zero-order chi connectivity index (χ0) is 19.1. The molecule has 2 aromatic carbocycles. The minimum atomic E-state index is -0.341. The first-order valence-electron chi connectivity index (χ1n) is 8.86. The lowest BCUT2D eigenvalue weighted by Gasteiger charge is -2.13. The van der Waals surface area contributed by atoms with E-state index < -0.39 is 0 Å². The van der Waals surface area contributed by atoms with Crippen LogP contribution in [0.3, 0.4) is 0 Å². The number of H-pyrrole nitrogens is 1. The molecule has 0 aliphatic heterocycles. The highest BCUT2D eigenvalue weighted by Crippen LogP contribution is 2.21. The molecule has 2 N–H and O–H groups in total. The molecule has 0 aliphatic carbocycles. The SMILES string of the molecule is Cc1cc2cc(NC(=O)c3nn(C(C)C)c(=O)c4ccccc34)ccc2[nH]1. The zero-order valence-electron chi connectivity index (χ0n) is 15.4. The van der Waals surface area contributed by atoms with E-state index in [1.54, 1.807) is 24.3 Å². The number of benzene rings is 2. The van der Waals surface area contributed by atoms with Crippen LogP contribution >= 0.6 is 0 Å². The predicted molar refractivity (Wildman–Crippen MR) is 107 cm³/mol. The number of aryl methyl sites for hydroxylation is 1. The predicted octanol–water partition coefficient (Wildman–Crippen LogP) is 4.02. The molecule has 0 saturated heterocycles. The van der Waals surface area contributed by atoms with Crippen LogP contribution in [0.1, 0.15) is 36.1 Å². The van der Waals surface area contributed by atoms with Gasteiger partial charge in [-0.05, 0) is 51.1 Å². The first-order chi connectivity index (χ1) is 12.9. The fourth-order valence-corrected chi connectivity index (χ4v) is 3.27. The number of aromatic amines is 1. The van der Waals surface area contributed by atoms with Crippen LogP contribution in [0.4, 0.5) is 5.69 Å². The van der Waals surface area contributed by atoms with Crippen LogP contribution in [0.25, 0.3) is 21.7 Å². The van der Waals surface area contributed by atoms with Crippen LogP contribution < -0.4 is 10.9 Å². The molecule has 136 valence electrons. The number of anilines is 1. The fraction of sp³-hybridized carbons (Fsp3) is 0.190. The Morgan fingerprint density at radius 3 is 2.59 bits per heavy atom. The molecule has 0 saturated carbocycles. The van der Waals surface area contributed by atoms with Gasteiger partial charge in [0.05, 0.1) is 11.4 Å². The summed E-state index contributed by atoms with van der Waals surface area (Å²) in [6.07, 6.45) is 0. The molecule has 2 heterocycles. The van der Waals surface area contributed by atoms with Crippen molar-refractivity contribution in [1.82, 2.24) is 14.8 Å². The summed E-state index contributed by atoms with van der Waals surface area (Å²) in [5, 5.41) is 9.32. The first kappa shape index (κ1) is 17.0. The molecule has 4 rings (SSSR count). The summed E-state index contributed by atoms with van der Waals surface area (Å²) in [4.78, 5) is 28.8. The molecule has 0 unspecified atom stereocenters. The standard InChI is InChI=1S/C21H20N4O2/c1-12(2)25-21(27)17-7-5-4-6-16(17)19(24-25)20(26)23-15-8-9-18-14(11-15)10-13(3)22-18/h4-12,22H,1-3H3,(H,23,26). The molecule has 0 bridgehead atoms. The van der Waals surface area contributed by atoms with Crippen LogP contribution in [0, 0.1) is 6.92 Å². The molecule has 6 nitrogen and oxygen atoms in total. The Kier molecular flexibility index (Phi) is 4.03. The van der Waals surface area contributed by atoms with Crippen molar-refractivity contribution in [2.24, 2.45) is 0 Å². The Labute approximate surface area is 155 Å². The maximum absolute atomic E-state index is 13.0. The van der Waals surface area contributed by atoms with Gasteiger partial charge in [-0.3, -0.25) is 9.59 Å². The highest BCUT2D eigenvalue weighted by Gasteiger charge is 2.18. The summed E-state index contributed by atoms with van der Waals surface area (Å²) in [5.74, 6) is -0.341. The van der Waals surface area contributed by atoms with E-state index in [2.05, 4.69) is 15.4 Å². The molecular formula is C21H20N4O2. The lowest BCUT2D eigenvalue weighted by atomic mass is 10.1. The minimum absolute atomic E-state index is 0.146. The molecule has 1 amide bonds. The Balaban J connectivity index is 1.79. The number of nitrogens with zero attached hydrogens (tertiary/aromatic N) is 2. The number of nitrogens with one attached hydrogen (secondary N) is 2. The first-order valence-corrected chi connectivity index (χ1v) is 8.86. The van der Waals surface area contributed by atoms with E-state index in [1.165, 1.54) is 4.68 Å². The summed E-state index contributed by atoms with van der Waals surface area (Å²) in [5.41, 5.74) is 2.80. The maximum Gasteiger partial charge on any atom is 0.276 e. The van der Waals surface area contributed by atoms with Crippen LogP contribution in [0.15, 0.2) is 53.3 Å². The number of hydrogen-bond acceptors (Lipinski definition) is 3. The van der Waals surface area contributed by atoms with Crippen LogP contribution in [-0.4, -0.2) is 20.7 Å². The van der Waals surface area contributed by atoms with E-state index in [9.17, 15) is 9.59 Å². The molecule has 0 radical (unpaired) electrons. The van der Waals surface area contributed by atoms with Crippen molar-refractivity contribution >= 4 is 33.3 Å². The molecule has 0 spiro atoms. The number of fused-ring (bicyclic) bond motifs is 2. The van der Waals surface area contributed by atoms with Crippen LogP contribution in [0.5, 0.6) is 0 Å². The highest BCUT2D eigenvalue weighted by atomic mass is 16.2. The second-order valence-corrected chi connectivity index (χ2v) is 6.95. The van der Waals surface area contributed by atoms with E-state index in [-0.39, 0.29) is 23.2 Å². The lowest BCUT2D eigenvalue weighted by molar-refractivity contribution is 0.102. The number of carbonyl (C=O) groups is 1. The van der Waals surface area contributed by atoms with Crippen molar-refractivity contribution in [2.75, 3.05) is 5.32 Å². The van der Waals surface area contributed by atoms with E-state index in [4.69, 9.17) is 0 Å². The second-order valence-electron chi connectivity index (χ2n) is 6.95. The number of amides is 1. The fourth-order valence-electron chi connectivity index (χ4n) is 3.27. The topological polar surface area (TPSA) is 79.8 Å². The van der Waals surface area contributed by atoms with Gasteiger partial charge in [0.2, 0.25) is 0 Å². The highest BCUT2D eigenvalue weighted by molar-refractivity contribution is 6.11. The third-order valence-corrected chi connectivity index (χ3v) is 4.55. The summed E-state index contributed by atoms with van der Waals surface area (Å²) in [7, 11) is 0. The third-order valence-electron chi connectivity index (χ3n) is 4.55. The van der Waals surface area contributed by atoms with E-state index in [1.807, 2.05) is 45.0 Å². The van der Waals surface area contributed by atoms with E-state index in [0.29, 0.717) is 16.5 Å². The van der Waals surface area contributed by atoms with Gasteiger partial charge in [0.25, 0.3) is 11.5 Å². The summed E-state index contributed by atoms with van der Waals surface area (Å²) in [6, 6.07) is 14.6. The molecule has 6 heteroatoms. The van der Waals surface area contributed by atoms with E-state index in [0.717, 1.165) is 16.6 Å². The molecule has 0 aliphatic rings. The number of rotatable bonds is 3. The Hall–Kier alpha value is -3.41. The van der Waals surface area contributed by atoms with Gasteiger partial charge in [-0.1, -0.05) is 18.2 Å². The summed E-state index contributed by atoms with van der Waals surface area (Å²) >= 11 is 0. The molecule has 0 fully saturated rings. The average molecular weight is 360 g/mol. The van der Waals surface area contributed by atoms with Crippen molar-refractivity contribution in [3.63, 3.8) is 0 Å². The van der Waals surface area contributed by atoms with Crippen molar-refractivity contribution < 1.29 is 4.79 Å². The summed E-state index contributed by atoms with van der Waals surface area (Å²) in [6.45, 7) is 5.73. The molecule has 27 heavy (non-hydrogen) atoms. The lowest BCUT2D eigenvalue weighted by Crippen LogP contribution is -2.28. The van der Waals surface area contributed by atoms with Crippen LogP contribution in [0.2, 0.25) is 0 Å². The summed E-state index contributed by atoms with van der Waals surface area (Å²) < 4.78 is 1.36. The maximum atomic E-state index is 13.0. The number of aromatic nitrogens is 3. The van der Waals surface area contributed by atoms with Crippen LogP contribution in [-0.2, 0) is 0 Å². The molecule has 4 aromatic rings. The van der Waals surface area contributed by atoms with Gasteiger partial charge < -0.3 is 10.3 Å². The van der Waals surface area contributed by atoms with Gasteiger partial charge in [0, 0.05) is 27.7 Å². The van der Waals surface area contributed by atoms with Gasteiger partial charge in [0.15, 0.2) is 5.69 Å². The van der Waals surface area contributed by atoms with Crippen molar-refractivity contribution in [3.8, 4) is 0 Å². The second kappa shape index (κ2) is 6.39. The number of carbonyl (C=O) groups excluding carboxylic acids is 1. The monoisotopic (exact) mass is 360 g/mol. The Morgan fingerprint density at radius 1 is 1.11 bits per heavy atom. The van der Waals surface area contributed by atoms with Gasteiger partial charge in [-0.15, -0.1) is 0 Å². The quantitative estimate of drug-likeness (QED) is 0.579. The van der Waals surface area contributed by atoms with Gasteiger partial charge in [-0.2, -0.15) is 5.10 Å². The van der Waals surface area contributed by atoms with E-state index >= 15 is 0 Å². The van der Waals surface area contributed by atoms with Crippen molar-refractivity contribution in [1.29, 1.82) is 0 Å². The zero-order valence-corrected chi connectivity index (χ0v) is 15.4.